The van der Waals surface area contributed by atoms with E-state index in [4.69, 9.17) is 4.74 Å². The van der Waals surface area contributed by atoms with Crippen molar-refractivity contribution in [1.29, 1.82) is 5.26 Å². The SMILES string of the molecule is CCC(C)c1ccccc1OC(C)CC(C)(C#N)NC. The second kappa shape index (κ2) is 7.31. The lowest BCUT2D eigenvalue weighted by atomic mass is 9.96. The lowest BCUT2D eigenvalue weighted by Crippen LogP contribution is -2.41. The Balaban J connectivity index is 2.81. The fourth-order valence-corrected chi connectivity index (χ4v) is 2.25. The van der Waals surface area contributed by atoms with E-state index in [2.05, 4.69) is 31.3 Å². The molecule has 0 saturated heterocycles. The van der Waals surface area contributed by atoms with Crippen molar-refractivity contribution < 1.29 is 4.74 Å². The van der Waals surface area contributed by atoms with Gasteiger partial charge in [-0.05, 0) is 44.9 Å². The van der Waals surface area contributed by atoms with Gasteiger partial charge < -0.3 is 10.1 Å². The first-order chi connectivity index (χ1) is 9.45. The van der Waals surface area contributed by atoms with E-state index in [1.165, 1.54) is 5.56 Å². The van der Waals surface area contributed by atoms with Crippen LogP contribution >= 0.6 is 0 Å². The Bertz CT molecular complexity index is 466. The number of benzene rings is 1. The molecule has 3 unspecified atom stereocenters. The highest BCUT2D eigenvalue weighted by Crippen LogP contribution is 2.30. The van der Waals surface area contributed by atoms with Crippen molar-refractivity contribution in [3.05, 3.63) is 29.8 Å². The van der Waals surface area contributed by atoms with Crippen molar-refractivity contribution in [3.8, 4) is 11.8 Å². The average molecular weight is 274 g/mol. The average Bonchev–Trinajstić information content (AvgIpc) is 2.46. The Labute approximate surface area is 123 Å². The molecule has 1 N–H and O–H groups in total. The minimum Gasteiger partial charge on any atom is -0.490 e. The van der Waals surface area contributed by atoms with Crippen LogP contribution in [0.5, 0.6) is 5.75 Å². The van der Waals surface area contributed by atoms with E-state index >= 15 is 0 Å². The second-order valence-electron chi connectivity index (χ2n) is 5.67. The topological polar surface area (TPSA) is 45.0 Å². The van der Waals surface area contributed by atoms with Crippen LogP contribution < -0.4 is 10.1 Å². The van der Waals surface area contributed by atoms with E-state index in [0.29, 0.717) is 12.3 Å². The van der Waals surface area contributed by atoms with Crippen molar-refractivity contribution in [2.75, 3.05) is 7.05 Å². The molecule has 0 saturated carbocycles. The van der Waals surface area contributed by atoms with E-state index in [-0.39, 0.29) is 6.10 Å². The zero-order chi connectivity index (χ0) is 15.2. The van der Waals surface area contributed by atoms with Crippen LogP contribution in [0.2, 0.25) is 0 Å². The van der Waals surface area contributed by atoms with Crippen molar-refractivity contribution in [2.45, 2.75) is 58.1 Å². The molecule has 0 aliphatic rings. The fraction of sp³-hybridized carbons (Fsp3) is 0.588. The summed E-state index contributed by atoms with van der Waals surface area (Å²) in [5.74, 6) is 1.41. The van der Waals surface area contributed by atoms with Gasteiger partial charge >= 0.3 is 0 Å². The maximum atomic E-state index is 9.21. The predicted octanol–water partition coefficient (Wildman–Crippen LogP) is 3.86. The van der Waals surface area contributed by atoms with Crippen molar-refractivity contribution in [2.24, 2.45) is 0 Å². The van der Waals surface area contributed by atoms with Crippen LogP contribution in [0, 0.1) is 11.3 Å². The molecule has 0 heterocycles. The molecule has 0 amide bonds. The van der Waals surface area contributed by atoms with Gasteiger partial charge in [-0.2, -0.15) is 5.26 Å². The maximum absolute atomic E-state index is 9.21. The lowest BCUT2D eigenvalue weighted by Gasteiger charge is -2.26. The first-order valence-electron chi connectivity index (χ1n) is 7.31. The van der Waals surface area contributed by atoms with E-state index in [1.54, 1.807) is 0 Å². The molecule has 110 valence electrons. The normalized spacial score (nSPS) is 16.8. The Hall–Kier alpha value is -1.53. The van der Waals surface area contributed by atoms with Gasteiger partial charge in [0.2, 0.25) is 0 Å². The zero-order valence-electron chi connectivity index (χ0n) is 13.2. The molecule has 0 spiro atoms. The molecule has 20 heavy (non-hydrogen) atoms. The van der Waals surface area contributed by atoms with Crippen LogP contribution in [-0.4, -0.2) is 18.7 Å². The largest absolute Gasteiger partial charge is 0.490 e. The molecule has 3 heteroatoms. The van der Waals surface area contributed by atoms with Gasteiger partial charge in [0.05, 0.1) is 12.2 Å². The molecule has 0 bridgehead atoms. The van der Waals surface area contributed by atoms with E-state index in [9.17, 15) is 5.26 Å². The van der Waals surface area contributed by atoms with Crippen molar-refractivity contribution >= 4 is 0 Å². The van der Waals surface area contributed by atoms with Gasteiger partial charge in [-0.1, -0.05) is 32.0 Å². The predicted molar refractivity (Wildman–Crippen MR) is 82.9 cm³/mol. The molecule has 0 aliphatic heterocycles. The van der Waals surface area contributed by atoms with Gasteiger partial charge in [0.25, 0.3) is 0 Å². The number of nitrogens with zero attached hydrogens (tertiary/aromatic N) is 1. The quantitative estimate of drug-likeness (QED) is 0.821. The van der Waals surface area contributed by atoms with Gasteiger partial charge in [0.1, 0.15) is 11.3 Å². The van der Waals surface area contributed by atoms with Crippen molar-refractivity contribution in [1.82, 2.24) is 5.32 Å². The molecular formula is C17H26N2O. The van der Waals surface area contributed by atoms with Crippen LogP contribution in [0.4, 0.5) is 0 Å². The van der Waals surface area contributed by atoms with Gasteiger partial charge in [0, 0.05) is 6.42 Å². The second-order valence-corrected chi connectivity index (χ2v) is 5.67. The van der Waals surface area contributed by atoms with Crippen LogP contribution in [0.1, 0.15) is 52.0 Å². The van der Waals surface area contributed by atoms with Gasteiger partial charge in [-0.15, -0.1) is 0 Å². The first-order valence-corrected chi connectivity index (χ1v) is 7.31. The maximum Gasteiger partial charge on any atom is 0.123 e. The lowest BCUT2D eigenvalue weighted by molar-refractivity contribution is 0.180. The summed E-state index contributed by atoms with van der Waals surface area (Å²) in [6.45, 7) is 8.30. The monoisotopic (exact) mass is 274 g/mol. The molecule has 0 aliphatic carbocycles. The molecule has 0 fully saturated rings. The Morgan fingerprint density at radius 1 is 1.35 bits per heavy atom. The molecule has 1 aromatic rings. The number of ether oxygens (including phenoxy) is 1. The molecule has 0 aromatic heterocycles. The minimum absolute atomic E-state index is 0.0164. The summed E-state index contributed by atoms with van der Waals surface area (Å²) >= 11 is 0. The summed E-state index contributed by atoms with van der Waals surface area (Å²) in [4.78, 5) is 0. The Kier molecular flexibility index (Phi) is 6.04. The van der Waals surface area contributed by atoms with E-state index in [0.717, 1.165) is 12.2 Å². The third-order valence-electron chi connectivity index (χ3n) is 3.88. The zero-order valence-corrected chi connectivity index (χ0v) is 13.2. The molecule has 1 rings (SSSR count). The molecule has 0 radical (unpaired) electrons. The Morgan fingerprint density at radius 3 is 2.55 bits per heavy atom. The van der Waals surface area contributed by atoms with Crippen LogP contribution in [0.25, 0.3) is 0 Å². The summed E-state index contributed by atoms with van der Waals surface area (Å²) < 4.78 is 6.08. The first kappa shape index (κ1) is 16.5. The number of para-hydroxylation sites is 1. The standard InChI is InChI=1S/C17H26N2O/c1-6-13(2)15-9-7-8-10-16(15)20-14(3)11-17(4,12-18)19-5/h7-10,13-14,19H,6,11H2,1-5H3. The molecule has 1 aromatic carbocycles. The number of nitriles is 1. The van der Waals surface area contributed by atoms with E-state index < -0.39 is 5.54 Å². The highest BCUT2D eigenvalue weighted by molar-refractivity contribution is 5.36. The Morgan fingerprint density at radius 2 is 2.00 bits per heavy atom. The highest BCUT2D eigenvalue weighted by Gasteiger charge is 2.25. The number of nitrogens with one attached hydrogen (secondary N) is 1. The third kappa shape index (κ3) is 4.25. The van der Waals surface area contributed by atoms with Gasteiger partial charge in [-0.3, -0.25) is 0 Å². The highest BCUT2D eigenvalue weighted by atomic mass is 16.5. The number of hydrogen-bond acceptors (Lipinski definition) is 3. The summed E-state index contributed by atoms with van der Waals surface area (Å²) in [6, 6.07) is 10.5. The van der Waals surface area contributed by atoms with Crippen molar-refractivity contribution in [3.63, 3.8) is 0 Å². The van der Waals surface area contributed by atoms with Crippen LogP contribution in [0.15, 0.2) is 24.3 Å². The molecule has 3 nitrogen and oxygen atoms in total. The molecule has 3 atom stereocenters. The summed E-state index contributed by atoms with van der Waals surface area (Å²) in [5.41, 5.74) is 0.690. The summed E-state index contributed by atoms with van der Waals surface area (Å²) in [6.07, 6.45) is 1.72. The van der Waals surface area contributed by atoms with Crippen LogP contribution in [0.3, 0.4) is 0 Å². The van der Waals surface area contributed by atoms with Gasteiger partial charge in [0.15, 0.2) is 0 Å². The smallest absolute Gasteiger partial charge is 0.123 e. The number of rotatable bonds is 7. The summed E-state index contributed by atoms with van der Waals surface area (Å²) in [7, 11) is 1.81. The number of hydrogen-bond donors (Lipinski definition) is 1. The fourth-order valence-electron chi connectivity index (χ4n) is 2.25. The summed E-state index contributed by atoms with van der Waals surface area (Å²) in [5, 5.41) is 12.3. The van der Waals surface area contributed by atoms with E-state index in [1.807, 2.05) is 39.1 Å². The minimum atomic E-state index is -0.551. The molecular weight excluding hydrogens is 248 g/mol. The third-order valence-corrected chi connectivity index (χ3v) is 3.88. The van der Waals surface area contributed by atoms with Gasteiger partial charge in [-0.25, -0.2) is 0 Å². The van der Waals surface area contributed by atoms with Crippen LogP contribution in [-0.2, 0) is 0 Å².